The van der Waals surface area contributed by atoms with Gasteiger partial charge in [0.05, 0.1) is 31.5 Å². The van der Waals surface area contributed by atoms with Gasteiger partial charge in [0.1, 0.15) is 24.0 Å². The maximum atomic E-state index is 13.4. The molecule has 2 aromatic carbocycles. The Morgan fingerprint density at radius 1 is 1.08 bits per heavy atom. The lowest BCUT2D eigenvalue weighted by Crippen LogP contribution is -2.68. The van der Waals surface area contributed by atoms with Gasteiger partial charge in [-0.2, -0.15) is 0 Å². The summed E-state index contributed by atoms with van der Waals surface area (Å²) in [7, 11) is 1.57. The number of fused-ring (bicyclic) bond motifs is 2. The first-order chi connectivity index (χ1) is 17.9. The van der Waals surface area contributed by atoms with Gasteiger partial charge in [0.15, 0.2) is 18.7 Å². The van der Waals surface area contributed by atoms with Gasteiger partial charge in [0.25, 0.3) is 11.8 Å². The fraction of sp³-hybridized carbons (Fsp3) is 0.370. The van der Waals surface area contributed by atoms with Gasteiger partial charge in [-0.05, 0) is 24.3 Å². The fourth-order valence-corrected chi connectivity index (χ4v) is 4.87. The molecule has 2 saturated heterocycles. The van der Waals surface area contributed by atoms with E-state index in [0.29, 0.717) is 11.3 Å². The summed E-state index contributed by atoms with van der Waals surface area (Å²) in [5.41, 5.74) is 1.22. The minimum absolute atomic E-state index is 0.0741. The van der Waals surface area contributed by atoms with E-state index in [9.17, 15) is 14.4 Å². The average molecular weight is 510 g/mol. The lowest BCUT2D eigenvalue weighted by atomic mass is 9.94. The molecule has 2 fully saturated rings. The first kappa shape index (κ1) is 25.1. The molecule has 194 valence electrons. The topological polar surface area (TPSA) is 110 Å². The zero-order chi connectivity index (χ0) is 26.1. The van der Waals surface area contributed by atoms with Crippen LogP contribution < -0.4 is 4.74 Å². The second-order valence-electron chi connectivity index (χ2n) is 8.79. The molecule has 0 aromatic heterocycles. The van der Waals surface area contributed by atoms with Crippen LogP contribution in [0.15, 0.2) is 61.2 Å². The maximum Gasteiger partial charge on any atom is 0.303 e. The van der Waals surface area contributed by atoms with Crippen molar-refractivity contribution in [2.24, 2.45) is 0 Å². The van der Waals surface area contributed by atoms with Crippen LogP contribution in [-0.4, -0.2) is 73.7 Å². The molecule has 3 aliphatic heterocycles. The van der Waals surface area contributed by atoms with Gasteiger partial charge < -0.3 is 28.4 Å². The number of carbonyl (C=O) groups excluding carboxylic acids is 3. The summed E-state index contributed by atoms with van der Waals surface area (Å²) < 4.78 is 35.2. The highest BCUT2D eigenvalue weighted by Crippen LogP contribution is 2.39. The summed E-state index contributed by atoms with van der Waals surface area (Å²) in [6.45, 7) is 5.09. The highest BCUT2D eigenvalue weighted by molar-refractivity contribution is 6.21. The van der Waals surface area contributed by atoms with Crippen LogP contribution >= 0.6 is 0 Å². The lowest BCUT2D eigenvalue weighted by Gasteiger charge is -2.50. The van der Waals surface area contributed by atoms with Crippen LogP contribution in [0.25, 0.3) is 0 Å². The number of carbonyl (C=O) groups is 3. The number of amides is 2. The minimum Gasteiger partial charge on any atom is -0.497 e. The third-order valence-corrected chi connectivity index (χ3v) is 6.50. The number of methoxy groups -OCH3 is 1. The van der Waals surface area contributed by atoms with E-state index in [1.807, 2.05) is 0 Å². The molecule has 0 radical (unpaired) electrons. The summed E-state index contributed by atoms with van der Waals surface area (Å²) in [5, 5.41) is 0. The first-order valence-electron chi connectivity index (χ1n) is 11.9. The lowest BCUT2D eigenvalue weighted by molar-refractivity contribution is -0.348. The zero-order valence-electron chi connectivity index (χ0n) is 20.4. The van der Waals surface area contributed by atoms with Gasteiger partial charge in [-0.15, -0.1) is 6.58 Å². The Morgan fingerprint density at radius 3 is 2.35 bits per heavy atom. The molecule has 5 rings (SSSR count). The fourth-order valence-electron chi connectivity index (χ4n) is 4.87. The largest absolute Gasteiger partial charge is 0.497 e. The second-order valence-corrected chi connectivity index (χ2v) is 8.79. The van der Waals surface area contributed by atoms with Crippen molar-refractivity contribution in [3.63, 3.8) is 0 Å². The van der Waals surface area contributed by atoms with E-state index >= 15 is 0 Å². The smallest absolute Gasteiger partial charge is 0.303 e. The van der Waals surface area contributed by atoms with E-state index < -0.39 is 54.7 Å². The van der Waals surface area contributed by atoms with Crippen molar-refractivity contribution in [2.45, 2.75) is 43.9 Å². The van der Waals surface area contributed by atoms with Crippen molar-refractivity contribution in [1.29, 1.82) is 0 Å². The van der Waals surface area contributed by atoms with Crippen LogP contribution in [-0.2, 0) is 28.5 Å². The average Bonchev–Trinajstić information content (AvgIpc) is 3.16. The highest BCUT2D eigenvalue weighted by atomic mass is 16.8. The number of hydrogen-bond acceptors (Lipinski definition) is 9. The van der Waals surface area contributed by atoms with Crippen molar-refractivity contribution < 1.29 is 42.8 Å². The van der Waals surface area contributed by atoms with Crippen LogP contribution in [0.5, 0.6) is 5.75 Å². The molecule has 2 amide bonds. The minimum atomic E-state index is -1.12. The van der Waals surface area contributed by atoms with Crippen molar-refractivity contribution in [3.05, 3.63) is 77.9 Å². The summed E-state index contributed by atoms with van der Waals surface area (Å²) in [4.78, 5) is 40.1. The number of rotatable bonds is 7. The van der Waals surface area contributed by atoms with Crippen LogP contribution in [0.4, 0.5) is 0 Å². The Labute approximate surface area is 213 Å². The van der Waals surface area contributed by atoms with Gasteiger partial charge in [0.2, 0.25) is 0 Å². The molecule has 37 heavy (non-hydrogen) atoms. The van der Waals surface area contributed by atoms with Crippen molar-refractivity contribution in [3.8, 4) is 5.75 Å². The second kappa shape index (κ2) is 10.4. The van der Waals surface area contributed by atoms with Crippen LogP contribution in [0.2, 0.25) is 0 Å². The molecular weight excluding hydrogens is 482 g/mol. The number of imide groups is 1. The quantitative estimate of drug-likeness (QED) is 0.316. The summed E-state index contributed by atoms with van der Waals surface area (Å²) >= 11 is 0. The third-order valence-electron chi connectivity index (χ3n) is 6.50. The number of benzene rings is 2. The van der Waals surface area contributed by atoms with E-state index in [1.54, 1.807) is 55.6 Å². The van der Waals surface area contributed by atoms with Crippen LogP contribution in [0, 0.1) is 0 Å². The normalized spacial score (nSPS) is 28.9. The van der Waals surface area contributed by atoms with E-state index in [4.69, 9.17) is 28.4 Å². The van der Waals surface area contributed by atoms with Gasteiger partial charge in [-0.1, -0.05) is 30.3 Å². The summed E-state index contributed by atoms with van der Waals surface area (Å²) in [6, 6.07) is 12.5. The maximum absolute atomic E-state index is 13.4. The molecule has 3 heterocycles. The molecule has 1 unspecified atom stereocenters. The molecule has 0 N–H and O–H groups in total. The highest BCUT2D eigenvalue weighted by Gasteiger charge is 2.57. The number of nitrogens with zero attached hydrogens (tertiary/aromatic N) is 1. The van der Waals surface area contributed by atoms with E-state index in [0.717, 1.165) is 4.90 Å². The summed E-state index contributed by atoms with van der Waals surface area (Å²) in [6.07, 6.45) is -3.04. The molecule has 0 spiro atoms. The Kier molecular flexibility index (Phi) is 7.07. The molecule has 10 nitrogen and oxygen atoms in total. The molecule has 0 aliphatic carbocycles. The predicted octanol–water partition coefficient (Wildman–Crippen LogP) is 2.63. The van der Waals surface area contributed by atoms with E-state index in [1.165, 1.54) is 13.0 Å². The Morgan fingerprint density at radius 2 is 1.76 bits per heavy atom. The van der Waals surface area contributed by atoms with Crippen molar-refractivity contribution in [1.82, 2.24) is 4.90 Å². The van der Waals surface area contributed by atoms with Gasteiger partial charge in [-0.25, -0.2) is 0 Å². The third kappa shape index (κ3) is 4.64. The molecule has 10 heteroatoms. The monoisotopic (exact) mass is 509 g/mol. The predicted molar refractivity (Wildman–Crippen MR) is 128 cm³/mol. The van der Waals surface area contributed by atoms with Gasteiger partial charge in [-0.3, -0.25) is 19.3 Å². The number of esters is 1. The molecular formula is C27H27NO9. The van der Waals surface area contributed by atoms with Gasteiger partial charge >= 0.3 is 5.97 Å². The Hall–Kier alpha value is -3.57. The van der Waals surface area contributed by atoms with Crippen LogP contribution in [0.3, 0.4) is 0 Å². The Balaban J connectivity index is 1.51. The van der Waals surface area contributed by atoms with E-state index in [-0.39, 0.29) is 24.3 Å². The van der Waals surface area contributed by atoms with Crippen molar-refractivity contribution in [2.75, 3.05) is 20.3 Å². The number of hydrogen-bond donors (Lipinski definition) is 0. The molecule has 3 aliphatic rings. The molecule has 0 bridgehead atoms. The molecule has 0 saturated carbocycles. The van der Waals surface area contributed by atoms with Gasteiger partial charge in [0, 0.05) is 12.5 Å². The van der Waals surface area contributed by atoms with E-state index in [2.05, 4.69) is 6.58 Å². The first-order valence-corrected chi connectivity index (χ1v) is 11.9. The summed E-state index contributed by atoms with van der Waals surface area (Å²) in [5.74, 6) is -0.999. The zero-order valence-corrected chi connectivity index (χ0v) is 20.4. The SMILES string of the molecule is C=CCO[C@@H]1O[C@@H]2COC(c3ccc(OC)cc3)O[C@H]2[C@H](OC(C)=O)[C@H]1N1C(=O)c2ccccc2C1=O. The van der Waals surface area contributed by atoms with Crippen molar-refractivity contribution >= 4 is 17.8 Å². The number of ether oxygens (including phenoxy) is 6. The van der Waals surface area contributed by atoms with Crippen LogP contribution in [0.1, 0.15) is 39.5 Å². The molecule has 6 atom stereocenters. The Bertz CT molecular complexity index is 1160. The molecule has 2 aromatic rings. The standard InChI is InChI=1S/C27H27NO9/c1-4-13-33-27-21(28-24(30)18-7-5-6-8-19(18)25(28)31)23(35-15(2)29)22-20(36-27)14-34-26(37-22)16-9-11-17(32-3)12-10-16/h4-12,20-23,26-27H,1,13-14H2,2-3H3/t20-,21-,22-,23-,26?,27-/m1/s1.